The number of fused-ring (bicyclic) bond motifs is 11. The zero-order valence-corrected chi connectivity index (χ0v) is 30.1. The zero-order valence-electron chi connectivity index (χ0n) is 29.3. The first kappa shape index (κ1) is 31.0. The van der Waals surface area contributed by atoms with Crippen molar-refractivity contribution in [2.75, 3.05) is 0 Å². The van der Waals surface area contributed by atoms with E-state index in [9.17, 15) is 0 Å². The summed E-state index contributed by atoms with van der Waals surface area (Å²) in [4.78, 5) is 13.0. The van der Waals surface area contributed by atoms with E-state index >= 15 is 0 Å². The van der Waals surface area contributed by atoms with Gasteiger partial charge in [0, 0.05) is 26.5 Å². The van der Waals surface area contributed by atoms with Crippen LogP contribution < -0.4 is 0 Å². The van der Waals surface area contributed by atoms with Crippen molar-refractivity contribution in [3.05, 3.63) is 216 Å². The van der Waals surface area contributed by atoms with Crippen LogP contribution in [0.2, 0.25) is 0 Å². The van der Waals surface area contributed by atoms with E-state index in [1.54, 1.807) is 0 Å². The van der Waals surface area contributed by atoms with Gasteiger partial charge in [0.25, 0.3) is 0 Å². The van der Waals surface area contributed by atoms with Crippen LogP contribution in [0.4, 0.5) is 0 Å². The molecule has 1 aliphatic heterocycles. The van der Waals surface area contributed by atoms with Crippen LogP contribution in [0, 0.1) is 0 Å². The molecule has 0 radical (unpaired) electrons. The van der Waals surface area contributed by atoms with Gasteiger partial charge < -0.3 is 0 Å². The predicted molar refractivity (Wildman–Crippen MR) is 223 cm³/mol. The Kier molecular flexibility index (Phi) is 7.05. The van der Waals surface area contributed by atoms with Gasteiger partial charge in [0.15, 0.2) is 5.82 Å². The first-order valence-electron chi connectivity index (χ1n) is 18.4. The summed E-state index contributed by atoms with van der Waals surface area (Å²) in [6.45, 7) is 0. The number of benzene rings is 8. The molecular weight excluding hydrogens is 673 g/mol. The second-order valence-corrected chi connectivity index (χ2v) is 15.1. The highest BCUT2D eigenvalue weighted by molar-refractivity contribution is 7.99. The maximum absolute atomic E-state index is 5.28. The molecule has 0 amide bonds. The van der Waals surface area contributed by atoms with Gasteiger partial charge >= 0.3 is 0 Å². The Bertz CT molecular complexity index is 2850. The smallest absolute Gasteiger partial charge is 0.160 e. The van der Waals surface area contributed by atoms with E-state index in [2.05, 4.69) is 188 Å². The molecule has 8 aromatic carbocycles. The molecule has 11 rings (SSSR count). The van der Waals surface area contributed by atoms with Crippen LogP contribution in [0.1, 0.15) is 22.3 Å². The van der Waals surface area contributed by atoms with E-state index in [4.69, 9.17) is 9.97 Å². The molecule has 9 aromatic rings. The third kappa shape index (κ3) is 4.68. The van der Waals surface area contributed by atoms with Gasteiger partial charge in [-0.25, -0.2) is 9.97 Å². The van der Waals surface area contributed by atoms with Gasteiger partial charge in [0.05, 0.1) is 16.8 Å². The normalized spacial score (nSPS) is 13.3. The average Bonchev–Trinajstić information content (AvgIpc) is 3.54. The minimum Gasteiger partial charge on any atom is -0.228 e. The van der Waals surface area contributed by atoms with Gasteiger partial charge in [0.2, 0.25) is 0 Å². The molecule has 0 saturated carbocycles. The quantitative estimate of drug-likeness (QED) is 0.182. The molecule has 1 aromatic heterocycles. The van der Waals surface area contributed by atoms with E-state index in [1.165, 1.54) is 65.1 Å². The Morgan fingerprint density at radius 1 is 0.370 bits per heavy atom. The van der Waals surface area contributed by atoms with Gasteiger partial charge in [-0.1, -0.05) is 188 Å². The van der Waals surface area contributed by atoms with Crippen LogP contribution in [0.25, 0.3) is 66.9 Å². The minimum absolute atomic E-state index is 0.492. The van der Waals surface area contributed by atoms with E-state index in [-0.39, 0.29) is 0 Å². The van der Waals surface area contributed by atoms with Crippen LogP contribution in [0.5, 0.6) is 0 Å². The number of aromatic nitrogens is 2. The first-order chi connectivity index (χ1) is 26.8. The van der Waals surface area contributed by atoms with Crippen molar-refractivity contribution in [3.8, 4) is 56.2 Å². The van der Waals surface area contributed by atoms with Gasteiger partial charge in [-0.05, 0) is 73.5 Å². The summed E-state index contributed by atoms with van der Waals surface area (Å²) < 4.78 is 0. The average molecular weight is 705 g/mol. The second kappa shape index (κ2) is 12.3. The van der Waals surface area contributed by atoms with Gasteiger partial charge in [-0.2, -0.15) is 0 Å². The fraction of sp³-hybridized carbons (Fsp3) is 0.0196. The van der Waals surface area contributed by atoms with Crippen molar-refractivity contribution in [2.45, 2.75) is 15.2 Å². The van der Waals surface area contributed by atoms with Crippen LogP contribution in [0.3, 0.4) is 0 Å². The second-order valence-electron chi connectivity index (χ2n) is 14.1. The SMILES string of the molecule is c1ccc(-c2ccc(-c3cc(-c4ccc5c(c4)C4(c6ccccc6-c6ccccc64)c4ccc6ccccc6c4S5)nc(-c4ccccc4)n3)cc2)cc1. The van der Waals surface area contributed by atoms with Crippen LogP contribution >= 0.6 is 11.8 Å². The summed E-state index contributed by atoms with van der Waals surface area (Å²) in [6, 6.07) is 70.2. The highest BCUT2D eigenvalue weighted by atomic mass is 32.2. The largest absolute Gasteiger partial charge is 0.228 e. The maximum Gasteiger partial charge on any atom is 0.160 e. The van der Waals surface area contributed by atoms with E-state index < -0.39 is 5.41 Å². The lowest BCUT2D eigenvalue weighted by molar-refractivity contribution is 0.726. The first-order valence-corrected chi connectivity index (χ1v) is 19.2. The summed E-state index contributed by atoms with van der Waals surface area (Å²) >= 11 is 1.89. The molecular formula is C51H32N2S. The predicted octanol–water partition coefficient (Wildman–Crippen LogP) is 13.1. The molecule has 0 atom stereocenters. The molecule has 1 spiro atoms. The molecule has 252 valence electrons. The fourth-order valence-electron chi connectivity index (χ4n) is 8.71. The van der Waals surface area contributed by atoms with E-state index in [1.807, 2.05) is 17.8 Å². The molecule has 3 heteroatoms. The molecule has 2 aliphatic rings. The van der Waals surface area contributed by atoms with Crippen molar-refractivity contribution in [3.63, 3.8) is 0 Å². The van der Waals surface area contributed by atoms with Crippen molar-refractivity contribution < 1.29 is 0 Å². The monoisotopic (exact) mass is 704 g/mol. The molecule has 0 unspecified atom stereocenters. The van der Waals surface area contributed by atoms with Crippen LogP contribution in [-0.2, 0) is 5.41 Å². The van der Waals surface area contributed by atoms with Crippen molar-refractivity contribution >= 4 is 22.5 Å². The van der Waals surface area contributed by atoms with Gasteiger partial charge in [-0.3, -0.25) is 0 Å². The number of rotatable bonds is 4. The van der Waals surface area contributed by atoms with E-state index in [0.717, 1.165) is 28.1 Å². The molecule has 1 aliphatic carbocycles. The summed E-state index contributed by atoms with van der Waals surface area (Å²) in [5.41, 5.74) is 14.7. The Morgan fingerprint density at radius 2 is 0.926 bits per heavy atom. The Hall–Kier alpha value is -6.55. The van der Waals surface area contributed by atoms with Gasteiger partial charge in [-0.15, -0.1) is 0 Å². The highest BCUT2D eigenvalue weighted by Gasteiger charge is 2.50. The molecule has 0 fully saturated rings. The Balaban J connectivity index is 1.14. The van der Waals surface area contributed by atoms with Crippen molar-refractivity contribution in [1.29, 1.82) is 0 Å². The Labute approximate surface area is 318 Å². The summed E-state index contributed by atoms with van der Waals surface area (Å²) in [7, 11) is 0. The molecule has 0 saturated heterocycles. The summed E-state index contributed by atoms with van der Waals surface area (Å²) in [5.74, 6) is 0.713. The number of hydrogen-bond donors (Lipinski definition) is 0. The van der Waals surface area contributed by atoms with Crippen molar-refractivity contribution in [1.82, 2.24) is 9.97 Å². The van der Waals surface area contributed by atoms with Crippen LogP contribution in [-0.4, -0.2) is 9.97 Å². The highest BCUT2D eigenvalue weighted by Crippen LogP contribution is 2.63. The fourth-order valence-corrected chi connectivity index (χ4v) is 10.0. The Morgan fingerprint density at radius 3 is 1.65 bits per heavy atom. The zero-order chi connectivity index (χ0) is 35.6. The molecule has 2 nitrogen and oxygen atoms in total. The molecule has 2 heterocycles. The lowest BCUT2D eigenvalue weighted by Crippen LogP contribution is -2.32. The third-order valence-electron chi connectivity index (χ3n) is 11.2. The van der Waals surface area contributed by atoms with E-state index in [0.29, 0.717) is 5.82 Å². The van der Waals surface area contributed by atoms with Gasteiger partial charge in [0.1, 0.15) is 0 Å². The molecule has 0 bridgehead atoms. The maximum atomic E-state index is 5.28. The summed E-state index contributed by atoms with van der Waals surface area (Å²) in [5, 5.41) is 2.56. The third-order valence-corrected chi connectivity index (χ3v) is 12.4. The lowest BCUT2D eigenvalue weighted by Gasteiger charge is -2.40. The topological polar surface area (TPSA) is 25.8 Å². The minimum atomic E-state index is -0.492. The number of hydrogen-bond acceptors (Lipinski definition) is 3. The summed E-state index contributed by atoms with van der Waals surface area (Å²) in [6.07, 6.45) is 0. The van der Waals surface area contributed by atoms with Crippen molar-refractivity contribution in [2.24, 2.45) is 0 Å². The molecule has 0 N–H and O–H groups in total. The standard InChI is InChI=1S/C51H32N2S/c1-3-13-33(14-4-1)34-23-25-36(26-24-34)46-32-47(53-50(52-46)37-16-5-2-6-17-37)38-28-30-48-45(31-38)51(44-29-27-35-15-7-8-18-39(35)49(44)54-48)42-21-11-9-19-40(42)41-20-10-12-22-43(41)51/h1-32H. The number of nitrogens with zero attached hydrogens (tertiary/aromatic N) is 2. The van der Waals surface area contributed by atoms with Crippen LogP contribution in [0.15, 0.2) is 204 Å². The lowest BCUT2D eigenvalue weighted by atomic mass is 9.66. The molecule has 54 heavy (non-hydrogen) atoms.